The summed E-state index contributed by atoms with van der Waals surface area (Å²) in [5, 5.41) is 54.4. The lowest BCUT2D eigenvalue weighted by Crippen LogP contribution is -2.60. The highest BCUT2D eigenvalue weighted by Crippen LogP contribution is 2.23. The van der Waals surface area contributed by atoms with E-state index in [0.29, 0.717) is 6.42 Å². The van der Waals surface area contributed by atoms with Crippen LogP contribution in [0.2, 0.25) is 0 Å². The first-order valence-electron chi connectivity index (χ1n) is 26.4. The molecule has 0 saturated carbocycles. The van der Waals surface area contributed by atoms with E-state index in [1.807, 2.05) is 6.08 Å². The largest absolute Gasteiger partial charge is 0.394 e. The van der Waals surface area contributed by atoms with E-state index in [9.17, 15) is 30.3 Å². The molecule has 368 valence electrons. The molecule has 1 aliphatic heterocycles. The van der Waals surface area contributed by atoms with Gasteiger partial charge in [0.25, 0.3) is 0 Å². The third-order valence-corrected chi connectivity index (χ3v) is 12.4. The lowest BCUT2D eigenvalue weighted by molar-refractivity contribution is -0.302. The van der Waals surface area contributed by atoms with Crippen molar-refractivity contribution in [2.75, 3.05) is 13.2 Å². The summed E-state index contributed by atoms with van der Waals surface area (Å²) < 4.78 is 11.2. The van der Waals surface area contributed by atoms with Crippen molar-refractivity contribution in [3.05, 3.63) is 48.6 Å². The number of unbranched alkanes of at least 4 members (excludes halogenated alkanes) is 28. The fourth-order valence-electron chi connectivity index (χ4n) is 8.14. The molecule has 0 aromatic rings. The van der Waals surface area contributed by atoms with Crippen LogP contribution in [0.4, 0.5) is 0 Å². The highest BCUT2D eigenvalue weighted by Gasteiger charge is 2.44. The summed E-state index contributed by atoms with van der Waals surface area (Å²) in [5.74, 6) is -0.191. The number of amides is 1. The Hall–Kier alpha value is -1.85. The topological polar surface area (TPSA) is 149 Å². The Morgan fingerprint density at radius 3 is 1.46 bits per heavy atom. The molecule has 1 heterocycles. The molecule has 1 aliphatic rings. The quantitative estimate of drug-likeness (QED) is 0.0262. The second-order valence-corrected chi connectivity index (χ2v) is 18.3. The number of carbonyl (C=O) groups excluding carboxylic acids is 1. The molecule has 0 radical (unpaired) electrons. The predicted molar refractivity (Wildman–Crippen MR) is 263 cm³/mol. The summed E-state index contributed by atoms with van der Waals surface area (Å²) in [4.78, 5) is 13.0. The molecule has 0 aromatic carbocycles. The summed E-state index contributed by atoms with van der Waals surface area (Å²) in [7, 11) is 0. The molecule has 0 aromatic heterocycles. The molecular formula is C54H99NO8. The van der Waals surface area contributed by atoms with Crippen molar-refractivity contribution in [1.82, 2.24) is 5.32 Å². The third-order valence-electron chi connectivity index (χ3n) is 12.4. The van der Waals surface area contributed by atoms with Gasteiger partial charge < -0.3 is 40.3 Å². The van der Waals surface area contributed by atoms with Crippen molar-refractivity contribution >= 4 is 5.91 Å². The second kappa shape index (κ2) is 44.0. The van der Waals surface area contributed by atoms with Crippen molar-refractivity contribution in [3.63, 3.8) is 0 Å². The monoisotopic (exact) mass is 890 g/mol. The Bertz CT molecular complexity index is 1130. The van der Waals surface area contributed by atoms with Crippen LogP contribution in [0.5, 0.6) is 0 Å². The van der Waals surface area contributed by atoms with Gasteiger partial charge in [0, 0.05) is 6.42 Å². The molecule has 0 bridgehead atoms. The van der Waals surface area contributed by atoms with E-state index < -0.39 is 49.5 Å². The highest BCUT2D eigenvalue weighted by molar-refractivity contribution is 5.76. The van der Waals surface area contributed by atoms with Crippen molar-refractivity contribution in [3.8, 4) is 0 Å². The van der Waals surface area contributed by atoms with Crippen LogP contribution in [-0.2, 0) is 14.3 Å². The van der Waals surface area contributed by atoms with Gasteiger partial charge in [0.2, 0.25) is 5.91 Å². The van der Waals surface area contributed by atoms with Crippen molar-refractivity contribution in [2.45, 2.75) is 275 Å². The molecule has 1 saturated heterocycles. The molecule has 6 N–H and O–H groups in total. The zero-order valence-corrected chi connectivity index (χ0v) is 40.6. The van der Waals surface area contributed by atoms with Crippen LogP contribution in [0.15, 0.2) is 48.6 Å². The lowest BCUT2D eigenvalue weighted by Gasteiger charge is -2.40. The van der Waals surface area contributed by atoms with Gasteiger partial charge in [-0.15, -0.1) is 0 Å². The van der Waals surface area contributed by atoms with Gasteiger partial charge in [0.15, 0.2) is 6.29 Å². The average molecular weight is 890 g/mol. The number of hydrogen-bond donors (Lipinski definition) is 6. The van der Waals surface area contributed by atoms with Gasteiger partial charge >= 0.3 is 0 Å². The molecule has 9 heteroatoms. The molecule has 7 atom stereocenters. The Labute approximate surface area is 386 Å². The van der Waals surface area contributed by atoms with Gasteiger partial charge in [-0.2, -0.15) is 0 Å². The fraction of sp³-hybridized carbons (Fsp3) is 0.833. The number of aliphatic hydroxyl groups excluding tert-OH is 5. The van der Waals surface area contributed by atoms with Crippen LogP contribution in [0, 0.1) is 0 Å². The van der Waals surface area contributed by atoms with Gasteiger partial charge in [-0.3, -0.25) is 4.79 Å². The first-order valence-corrected chi connectivity index (χ1v) is 26.4. The van der Waals surface area contributed by atoms with Crippen LogP contribution in [-0.4, -0.2) is 87.5 Å². The fourth-order valence-corrected chi connectivity index (χ4v) is 8.14. The molecule has 9 nitrogen and oxygen atoms in total. The van der Waals surface area contributed by atoms with Gasteiger partial charge in [-0.25, -0.2) is 0 Å². The van der Waals surface area contributed by atoms with E-state index in [0.717, 1.165) is 51.4 Å². The van der Waals surface area contributed by atoms with Crippen LogP contribution < -0.4 is 5.32 Å². The van der Waals surface area contributed by atoms with E-state index in [2.05, 4.69) is 55.6 Å². The van der Waals surface area contributed by atoms with Crippen LogP contribution in [0.25, 0.3) is 0 Å². The first kappa shape index (κ1) is 59.2. The van der Waals surface area contributed by atoms with Crippen LogP contribution in [0.1, 0.15) is 232 Å². The predicted octanol–water partition coefficient (Wildman–Crippen LogP) is 12.2. The van der Waals surface area contributed by atoms with E-state index >= 15 is 0 Å². The van der Waals surface area contributed by atoms with E-state index in [1.165, 1.54) is 161 Å². The average Bonchev–Trinajstić information content (AvgIpc) is 3.28. The number of hydrogen-bond acceptors (Lipinski definition) is 8. The first-order chi connectivity index (χ1) is 30.8. The van der Waals surface area contributed by atoms with Gasteiger partial charge in [-0.1, -0.05) is 210 Å². The summed E-state index contributed by atoms with van der Waals surface area (Å²) in [6.45, 7) is 3.75. The minimum absolute atomic E-state index is 0.191. The van der Waals surface area contributed by atoms with Crippen LogP contribution in [0.3, 0.4) is 0 Å². The second-order valence-electron chi connectivity index (χ2n) is 18.3. The number of ether oxygens (including phenoxy) is 2. The third kappa shape index (κ3) is 34.2. The Kier molecular flexibility index (Phi) is 41.3. The zero-order chi connectivity index (χ0) is 45.9. The van der Waals surface area contributed by atoms with Gasteiger partial charge in [-0.05, 0) is 64.2 Å². The summed E-state index contributed by atoms with van der Waals surface area (Å²) in [5.41, 5.74) is 0. The summed E-state index contributed by atoms with van der Waals surface area (Å²) in [6.07, 6.45) is 50.2. The van der Waals surface area contributed by atoms with Crippen molar-refractivity contribution in [1.29, 1.82) is 0 Å². The Morgan fingerprint density at radius 2 is 0.952 bits per heavy atom. The molecule has 1 fully saturated rings. The molecule has 0 spiro atoms. The molecule has 63 heavy (non-hydrogen) atoms. The van der Waals surface area contributed by atoms with Crippen molar-refractivity contribution < 1.29 is 39.8 Å². The maximum atomic E-state index is 13.0. The van der Waals surface area contributed by atoms with Crippen LogP contribution >= 0.6 is 0 Å². The van der Waals surface area contributed by atoms with E-state index in [-0.39, 0.29) is 12.5 Å². The maximum absolute atomic E-state index is 13.0. The molecule has 1 rings (SSSR count). The molecule has 7 unspecified atom stereocenters. The molecule has 1 amide bonds. The number of rotatable bonds is 44. The molecular weight excluding hydrogens is 791 g/mol. The number of allylic oxidation sites excluding steroid dienone is 7. The highest BCUT2D eigenvalue weighted by atomic mass is 16.7. The number of nitrogens with one attached hydrogen (secondary N) is 1. The summed E-state index contributed by atoms with van der Waals surface area (Å²) >= 11 is 0. The maximum Gasteiger partial charge on any atom is 0.220 e. The number of aliphatic hydroxyl groups is 5. The Balaban J connectivity index is 2.31. The van der Waals surface area contributed by atoms with Gasteiger partial charge in [0.1, 0.15) is 24.4 Å². The standard InChI is InChI=1S/C54H99NO8/c1-3-5-7-9-11-13-15-17-19-21-23-24-26-27-29-31-33-35-37-39-41-43-48(57)47(46-62-54-53(61)52(60)51(59)49(45-56)63-54)55-50(58)44-42-40-38-36-34-32-30-28-25-22-20-18-16-14-12-10-8-6-4-2/h12,14,18,20,33,35,41,43,47-49,51-54,56-57,59-61H,3-11,13,15-17,19,21-32,34,36-40,42,44-46H2,1-2H3,(H,55,58)/b14-12-,20-18-,35-33+,43-41+. The van der Waals surface area contributed by atoms with E-state index in [4.69, 9.17) is 9.47 Å². The zero-order valence-electron chi connectivity index (χ0n) is 40.6. The number of carbonyl (C=O) groups is 1. The SMILES string of the molecule is CCCCC/C=C\C/C=C\CCCCCCCCCCCC(=O)NC(COC1OC(CO)C(O)C(O)C1O)C(O)/C=C/CC/C=C/CCCCCCCCCCCCCCCCC. The van der Waals surface area contributed by atoms with Gasteiger partial charge in [0.05, 0.1) is 25.4 Å². The summed E-state index contributed by atoms with van der Waals surface area (Å²) in [6, 6.07) is -0.825. The normalized spacial score (nSPS) is 20.5. The minimum Gasteiger partial charge on any atom is -0.394 e. The smallest absolute Gasteiger partial charge is 0.220 e. The van der Waals surface area contributed by atoms with Crippen molar-refractivity contribution in [2.24, 2.45) is 0 Å². The Morgan fingerprint density at radius 1 is 0.540 bits per heavy atom. The lowest BCUT2D eigenvalue weighted by atomic mass is 9.99. The minimum atomic E-state index is -1.57. The van der Waals surface area contributed by atoms with E-state index in [1.54, 1.807) is 6.08 Å². The molecule has 0 aliphatic carbocycles.